The molecule has 1 aromatic heterocycles. The molecule has 1 fully saturated rings. The summed E-state index contributed by atoms with van der Waals surface area (Å²) in [5.41, 5.74) is 7.00. The van der Waals surface area contributed by atoms with Gasteiger partial charge < -0.3 is 11.1 Å². The summed E-state index contributed by atoms with van der Waals surface area (Å²) in [5, 5.41) is 7.61. The summed E-state index contributed by atoms with van der Waals surface area (Å²) in [5.74, 6) is 1.08. The van der Waals surface area contributed by atoms with Crippen molar-refractivity contribution in [1.82, 2.24) is 14.8 Å². The molecule has 3 rings (SSSR count). The molecule has 1 saturated carbocycles. The summed E-state index contributed by atoms with van der Waals surface area (Å²) < 4.78 is 2.78. The molecule has 1 heterocycles. The number of halogens is 1. The molecule has 18 heavy (non-hydrogen) atoms. The van der Waals surface area contributed by atoms with Crippen molar-refractivity contribution in [3.63, 3.8) is 0 Å². The zero-order valence-electron chi connectivity index (χ0n) is 9.81. The normalized spacial score (nSPS) is 14.7. The molecule has 3 N–H and O–H groups in total. The quantitative estimate of drug-likeness (QED) is 0.909. The zero-order chi connectivity index (χ0) is 12.5. The predicted molar refractivity (Wildman–Crippen MR) is 74.3 cm³/mol. The molecule has 0 spiro atoms. The minimum atomic E-state index is 0.445. The van der Waals surface area contributed by atoms with Gasteiger partial charge in [-0.3, -0.25) is 0 Å². The van der Waals surface area contributed by atoms with E-state index in [4.69, 9.17) is 5.73 Å². The summed E-state index contributed by atoms with van der Waals surface area (Å²) in [4.78, 5) is 4.21. The highest BCUT2D eigenvalue weighted by Crippen LogP contribution is 2.23. The fraction of sp³-hybridized carbons (Fsp3) is 0.333. The highest BCUT2D eigenvalue weighted by molar-refractivity contribution is 9.10. The first-order valence-corrected chi connectivity index (χ1v) is 6.71. The van der Waals surface area contributed by atoms with E-state index in [0.29, 0.717) is 24.5 Å². The second-order valence-electron chi connectivity index (χ2n) is 4.50. The van der Waals surface area contributed by atoms with E-state index >= 15 is 0 Å². The Balaban J connectivity index is 1.74. The molecule has 0 unspecified atom stereocenters. The van der Waals surface area contributed by atoms with Gasteiger partial charge >= 0.3 is 0 Å². The first kappa shape index (κ1) is 11.5. The Hall–Kier alpha value is -1.56. The number of benzene rings is 1. The molecule has 1 aliphatic carbocycles. The Morgan fingerprint density at radius 1 is 1.33 bits per heavy atom. The van der Waals surface area contributed by atoms with Crippen LogP contribution in [0.1, 0.15) is 18.4 Å². The van der Waals surface area contributed by atoms with Crippen LogP contribution in [0.4, 0.5) is 11.9 Å². The molecule has 94 valence electrons. The van der Waals surface area contributed by atoms with Gasteiger partial charge in [0, 0.05) is 10.5 Å². The molecule has 0 saturated heterocycles. The van der Waals surface area contributed by atoms with Crippen LogP contribution in [0.2, 0.25) is 0 Å². The predicted octanol–water partition coefficient (Wildman–Crippen LogP) is 2.25. The van der Waals surface area contributed by atoms with E-state index in [1.165, 1.54) is 12.8 Å². The number of hydrogen-bond donors (Lipinski definition) is 2. The molecule has 1 aromatic carbocycles. The van der Waals surface area contributed by atoms with Crippen LogP contribution in [-0.2, 0) is 6.54 Å². The van der Waals surface area contributed by atoms with Gasteiger partial charge in [-0.25, -0.2) is 4.68 Å². The largest absolute Gasteiger partial charge is 0.368 e. The summed E-state index contributed by atoms with van der Waals surface area (Å²) in [6.45, 7) is 0.637. The number of aromatic nitrogens is 3. The Morgan fingerprint density at radius 3 is 2.72 bits per heavy atom. The van der Waals surface area contributed by atoms with Crippen LogP contribution in [0.15, 0.2) is 28.7 Å². The lowest BCUT2D eigenvalue weighted by Crippen LogP contribution is -2.07. The SMILES string of the molecule is Nc1nc(NC2CC2)nn1Cc1ccc(Br)cc1. The highest BCUT2D eigenvalue weighted by atomic mass is 79.9. The van der Waals surface area contributed by atoms with Gasteiger partial charge in [0.25, 0.3) is 0 Å². The molecule has 1 aliphatic rings. The maximum absolute atomic E-state index is 5.86. The van der Waals surface area contributed by atoms with Crippen LogP contribution in [0.5, 0.6) is 0 Å². The molecule has 5 nitrogen and oxygen atoms in total. The average Bonchev–Trinajstić information content (AvgIpc) is 3.08. The van der Waals surface area contributed by atoms with E-state index in [1.807, 2.05) is 24.3 Å². The number of hydrogen-bond acceptors (Lipinski definition) is 4. The summed E-state index contributed by atoms with van der Waals surface area (Å²) in [6, 6.07) is 8.63. The third kappa shape index (κ3) is 2.64. The van der Waals surface area contributed by atoms with Crippen molar-refractivity contribution in [1.29, 1.82) is 0 Å². The van der Waals surface area contributed by atoms with Gasteiger partial charge in [0.1, 0.15) is 0 Å². The lowest BCUT2D eigenvalue weighted by Gasteiger charge is -2.02. The molecule has 0 bridgehead atoms. The molecule has 0 radical (unpaired) electrons. The second-order valence-corrected chi connectivity index (χ2v) is 5.41. The van der Waals surface area contributed by atoms with E-state index in [-0.39, 0.29) is 0 Å². The van der Waals surface area contributed by atoms with E-state index in [1.54, 1.807) is 4.68 Å². The molecule has 2 aromatic rings. The van der Waals surface area contributed by atoms with Crippen molar-refractivity contribution in [2.24, 2.45) is 0 Å². The fourth-order valence-corrected chi connectivity index (χ4v) is 1.97. The average molecular weight is 308 g/mol. The van der Waals surface area contributed by atoms with E-state index in [9.17, 15) is 0 Å². The number of anilines is 2. The smallest absolute Gasteiger partial charge is 0.244 e. The minimum Gasteiger partial charge on any atom is -0.368 e. The fourth-order valence-electron chi connectivity index (χ4n) is 1.70. The van der Waals surface area contributed by atoms with Crippen LogP contribution in [0.25, 0.3) is 0 Å². The van der Waals surface area contributed by atoms with E-state index in [0.717, 1.165) is 10.0 Å². The standard InChI is InChI=1S/C12H14BrN5/c13-9-3-1-8(2-4-9)7-18-11(14)16-12(17-18)15-10-5-6-10/h1-4,10H,5-7H2,(H3,14,15,16,17). The first-order chi connectivity index (χ1) is 8.70. The summed E-state index contributed by atoms with van der Waals surface area (Å²) in [6.07, 6.45) is 2.39. The monoisotopic (exact) mass is 307 g/mol. The first-order valence-electron chi connectivity index (χ1n) is 5.92. The van der Waals surface area contributed by atoms with Crippen LogP contribution < -0.4 is 11.1 Å². The van der Waals surface area contributed by atoms with Gasteiger partial charge in [-0.05, 0) is 30.5 Å². The van der Waals surface area contributed by atoms with Crippen LogP contribution in [0, 0.1) is 0 Å². The lowest BCUT2D eigenvalue weighted by atomic mass is 10.2. The van der Waals surface area contributed by atoms with Crippen molar-refractivity contribution in [2.75, 3.05) is 11.1 Å². The Labute approximate surface area is 114 Å². The van der Waals surface area contributed by atoms with Crippen LogP contribution in [-0.4, -0.2) is 20.8 Å². The van der Waals surface area contributed by atoms with E-state index < -0.39 is 0 Å². The zero-order valence-corrected chi connectivity index (χ0v) is 11.4. The molecule has 0 amide bonds. The topological polar surface area (TPSA) is 68.8 Å². The molecular weight excluding hydrogens is 294 g/mol. The van der Waals surface area contributed by atoms with Gasteiger partial charge in [-0.2, -0.15) is 4.98 Å². The van der Waals surface area contributed by atoms with E-state index in [2.05, 4.69) is 31.3 Å². The van der Waals surface area contributed by atoms with Gasteiger partial charge in [0.2, 0.25) is 11.9 Å². The maximum Gasteiger partial charge on any atom is 0.244 e. The maximum atomic E-state index is 5.86. The van der Waals surface area contributed by atoms with Gasteiger partial charge in [0.05, 0.1) is 6.54 Å². The van der Waals surface area contributed by atoms with Crippen molar-refractivity contribution >= 4 is 27.8 Å². The third-order valence-corrected chi connectivity index (χ3v) is 3.39. The Kier molecular flexibility index (Phi) is 2.95. The number of nitrogens with one attached hydrogen (secondary N) is 1. The molecule has 0 atom stereocenters. The Bertz CT molecular complexity index is 544. The number of nitrogen functional groups attached to an aromatic ring is 1. The summed E-state index contributed by atoms with van der Waals surface area (Å²) >= 11 is 3.41. The van der Waals surface area contributed by atoms with Crippen LogP contribution >= 0.6 is 15.9 Å². The molecule has 6 heteroatoms. The van der Waals surface area contributed by atoms with Gasteiger partial charge in [0.15, 0.2) is 0 Å². The molecule has 0 aliphatic heterocycles. The number of nitrogens with zero attached hydrogens (tertiary/aromatic N) is 3. The second kappa shape index (κ2) is 4.61. The van der Waals surface area contributed by atoms with Crippen LogP contribution in [0.3, 0.4) is 0 Å². The van der Waals surface area contributed by atoms with Gasteiger partial charge in [-0.15, -0.1) is 5.10 Å². The van der Waals surface area contributed by atoms with Crippen molar-refractivity contribution in [2.45, 2.75) is 25.4 Å². The van der Waals surface area contributed by atoms with Gasteiger partial charge in [-0.1, -0.05) is 28.1 Å². The number of nitrogens with two attached hydrogens (primary N) is 1. The highest BCUT2D eigenvalue weighted by Gasteiger charge is 2.22. The van der Waals surface area contributed by atoms with Crippen molar-refractivity contribution < 1.29 is 0 Å². The Morgan fingerprint density at radius 2 is 2.06 bits per heavy atom. The van der Waals surface area contributed by atoms with Crippen molar-refractivity contribution in [3.8, 4) is 0 Å². The summed E-state index contributed by atoms with van der Waals surface area (Å²) in [7, 11) is 0. The van der Waals surface area contributed by atoms with Crippen molar-refractivity contribution in [3.05, 3.63) is 34.3 Å². The minimum absolute atomic E-state index is 0.445. The lowest BCUT2D eigenvalue weighted by molar-refractivity contribution is 0.697. The third-order valence-electron chi connectivity index (χ3n) is 2.86. The molecular formula is C12H14BrN5. The number of rotatable bonds is 4.